The van der Waals surface area contributed by atoms with Crippen molar-refractivity contribution in [1.82, 2.24) is 10.3 Å². The molecule has 2 rings (SSSR count). The summed E-state index contributed by atoms with van der Waals surface area (Å²) in [5, 5.41) is 9.14. The largest absolute Gasteiger partial charge is 0.397 e. The topological polar surface area (TPSA) is 80.0 Å². The van der Waals surface area contributed by atoms with Crippen molar-refractivity contribution in [3.05, 3.63) is 40.3 Å². The summed E-state index contributed by atoms with van der Waals surface area (Å²) in [4.78, 5) is 16.0. The van der Waals surface area contributed by atoms with Crippen molar-refractivity contribution < 1.29 is 4.79 Å². The summed E-state index contributed by atoms with van der Waals surface area (Å²) in [5.74, 6) is 0.208. The van der Waals surface area contributed by atoms with Crippen molar-refractivity contribution in [3.8, 4) is 0 Å². The number of benzene rings is 1. The highest BCUT2D eigenvalue weighted by molar-refractivity contribution is 7.09. The summed E-state index contributed by atoms with van der Waals surface area (Å²) < 4.78 is 0. The number of hydrogen-bond donors (Lipinski definition) is 3. The lowest BCUT2D eigenvalue weighted by Crippen LogP contribution is -2.22. The van der Waals surface area contributed by atoms with E-state index in [1.54, 1.807) is 23.5 Å². The maximum absolute atomic E-state index is 11.7. The molecule has 1 atom stereocenters. The van der Waals surface area contributed by atoms with Crippen LogP contribution in [0.25, 0.3) is 0 Å². The number of amides is 1. The molecule has 0 saturated heterocycles. The van der Waals surface area contributed by atoms with Crippen LogP contribution in [0.2, 0.25) is 0 Å². The number of carbonyl (C=O) groups excluding carboxylic acids is 1. The zero-order valence-electron chi connectivity index (χ0n) is 12.2. The van der Waals surface area contributed by atoms with Crippen LogP contribution in [0.5, 0.6) is 0 Å². The minimum absolute atomic E-state index is 0.105. The Hall–Kier alpha value is -2.08. The minimum atomic E-state index is -0.105. The summed E-state index contributed by atoms with van der Waals surface area (Å²) in [7, 11) is 0. The molecule has 0 bridgehead atoms. The van der Waals surface area contributed by atoms with E-state index in [-0.39, 0.29) is 5.91 Å². The van der Waals surface area contributed by atoms with Crippen LogP contribution in [-0.4, -0.2) is 24.0 Å². The second-order valence-electron chi connectivity index (χ2n) is 4.81. The van der Waals surface area contributed by atoms with E-state index in [9.17, 15) is 4.79 Å². The molecular weight excluding hydrogens is 284 g/mol. The van der Waals surface area contributed by atoms with E-state index in [0.717, 1.165) is 17.2 Å². The van der Waals surface area contributed by atoms with Crippen molar-refractivity contribution >= 4 is 28.6 Å². The Kier molecular flexibility index (Phi) is 5.16. The van der Waals surface area contributed by atoms with Gasteiger partial charge in [-0.15, -0.1) is 11.3 Å². The van der Waals surface area contributed by atoms with Crippen molar-refractivity contribution in [2.45, 2.75) is 19.8 Å². The zero-order chi connectivity index (χ0) is 15.2. The van der Waals surface area contributed by atoms with Gasteiger partial charge in [0.15, 0.2) is 0 Å². The first kappa shape index (κ1) is 15.3. The fourth-order valence-corrected chi connectivity index (χ4v) is 2.65. The van der Waals surface area contributed by atoms with E-state index in [4.69, 9.17) is 5.73 Å². The molecule has 0 spiro atoms. The Morgan fingerprint density at radius 2 is 2.29 bits per heavy atom. The molecule has 0 aliphatic rings. The van der Waals surface area contributed by atoms with E-state index in [1.807, 2.05) is 24.6 Å². The average Bonchev–Trinajstić information content (AvgIpc) is 3.00. The van der Waals surface area contributed by atoms with Crippen LogP contribution in [0.1, 0.15) is 35.1 Å². The highest BCUT2D eigenvalue weighted by atomic mass is 32.1. The number of rotatable bonds is 6. The summed E-state index contributed by atoms with van der Waals surface area (Å²) >= 11 is 1.65. The smallest absolute Gasteiger partial charge is 0.251 e. The van der Waals surface area contributed by atoms with Gasteiger partial charge in [0.05, 0.1) is 16.4 Å². The molecule has 0 saturated carbocycles. The van der Waals surface area contributed by atoms with Crippen LogP contribution in [-0.2, 0) is 0 Å². The third-order valence-corrected chi connectivity index (χ3v) is 4.13. The Balaban J connectivity index is 1.99. The lowest BCUT2D eigenvalue weighted by atomic mass is 10.1. The molecule has 0 aliphatic heterocycles. The molecule has 1 amide bonds. The molecule has 112 valence electrons. The van der Waals surface area contributed by atoms with Gasteiger partial charge in [-0.2, -0.15) is 0 Å². The molecule has 4 N–H and O–H groups in total. The monoisotopic (exact) mass is 304 g/mol. The molecule has 5 nitrogen and oxygen atoms in total. The maximum Gasteiger partial charge on any atom is 0.251 e. The van der Waals surface area contributed by atoms with Gasteiger partial charge in [0.2, 0.25) is 0 Å². The van der Waals surface area contributed by atoms with E-state index in [2.05, 4.69) is 22.5 Å². The molecule has 1 aromatic heterocycles. The van der Waals surface area contributed by atoms with Crippen LogP contribution in [0.15, 0.2) is 29.8 Å². The number of nitrogens with two attached hydrogens (primary N) is 1. The molecular formula is C15H20N4OS. The average molecular weight is 304 g/mol. The Bertz CT molecular complexity index is 598. The highest BCUT2D eigenvalue weighted by Gasteiger charge is 2.10. The second kappa shape index (κ2) is 7.08. The molecule has 0 radical (unpaired) electrons. The standard InChI is InChI=1S/C15H20N4OS/c1-3-17-14(20)11-4-5-13(12(16)8-11)19-9-10(2)15-18-6-7-21-15/h4-8,10,19H,3,9,16H2,1-2H3,(H,17,20). The molecule has 1 heterocycles. The molecule has 0 aliphatic carbocycles. The first-order valence-corrected chi connectivity index (χ1v) is 7.80. The van der Waals surface area contributed by atoms with Crippen LogP contribution in [0, 0.1) is 0 Å². The van der Waals surface area contributed by atoms with Crippen LogP contribution in [0.4, 0.5) is 11.4 Å². The van der Waals surface area contributed by atoms with Gasteiger partial charge in [0.25, 0.3) is 5.91 Å². The summed E-state index contributed by atoms with van der Waals surface area (Å²) in [6, 6.07) is 5.31. The molecule has 1 aromatic carbocycles. The highest BCUT2D eigenvalue weighted by Crippen LogP contribution is 2.23. The molecule has 0 fully saturated rings. The number of nitrogens with zero attached hydrogens (tertiary/aromatic N) is 1. The lowest BCUT2D eigenvalue weighted by molar-refractivity contribution is 0.0956. The molecule has 21 heavy (non-hydrogen) atoms. The van der Waals surface area contributed by atoms with Gasteiger partial charge in [-0.1, -0.05) is 6.92 Å². The fraction of sp³-hybridized carbons (Fsp3) is 0.333. The Morgan fingerprint density at radius 1 is 1.48 bits per heavy atom. The number of nitrogen functional groups attached to an aromatic ring is 1. The first-order chi connectivity index (χ1) is 10.1. The Morgan fingerprint density at radius 3 is 2.90 bits per heavy atom. The second-order valence-corrected chi connectivity index (χ2v) is 5.74. The van der Waals surface area contributed by atoms with Crippen LogP contribution < -0.4 is 16.4 Å². The normalized spacial score (nSPS) is 11.9. The number of thiazole rings is 1. The van der Waals surface area contributed by atoms with Crippen molar-refractivity contribution in [2.24, 2.45) is 0 Å². The number of hydrogen-bond acceptors (Lipinski definition) is 5. The molecule has 6 heteroatoms. The van der Waals surface area contributed by atoms with Gasteiger partial charge in [0.1, 0.15) is 0 Å². The predicted molar refractivity (Wildman–Crippen MR) is 87.9 cm³/mol. The van der Waals surface area contributed by atoms with Gasteiger partial charge >= 0.3 is 0 Å². The predicted octanol–water partition coefficient (Wildman–Crippen LogP) is 2.69. The maximum atomic E-state index is 11.7. The quantitative estimate of drug-likeness (QED) is 0.717. The van der Waals surface area contributed by atoms with E-state index in [1.165, 1.54) is 0 Å². The van der Waals surface area contributed by atoms with Crippen molar-refractivity contribution in [3.63, 3.8) is 0 Å². The van der Waals surface area contributed by atoms with Crippen LogP contribution >= 0.6 is 11.3 Å². The molecule has 2 aromatic rings. The van der Waals surface area contributed by atoms with Gasteiger partial charge in [0, 0.05) is 36.1 Å². The third kappa shape index (κ3) is 3.95. The zero-order valence-corrected chi connectivity index (χ0v) is 13.0. The number of nitrogens with one attached hydrogen (secondary N) is 2. The van der Waals surface area contributed by atoms with E-state index in [0.29, 0.717) is 23.7 Å². The Labute approximate surface area is 128 Å². The first-order valence-electron chi connectivity index (χ1n) is 6.92. The fourth-order valence-electron chi connectivity index (χ4n) is 1.96. The lowest BCUT2D eigenvalue weighted by Gasteiger charge is -2.14. The summed E-state index contributed by atoms with van der Waals surface area (Å²) in [5.41, 5.74) is 7.99. The van der Waals surface area contributed by atoms with Crippen molar-refractivity contribution in [1.29, 1.82) is 0 Å². The number of carbonyl (C=O) groups is 1. The molecule has 1 unspecified atom stereocenters. The van der Waals surface area contributed by atoms with Gasteiger partial charge in [-0.3, -0.25) is 4.79 Å². The number of aromatic nitrogens is 1. The van der Waals surface area contributed by atoms with Gasteiger partial charge in [-0.25, -0.2) is 4.98 Å². The van der Waals surface area contributed by atoms with Gasteiger partial charge in [-0.05, 0) is 25.1 Å². The SMILES string of the molecule is CCNC(=O)c1ccc(NCC(C)c2nccs2)c(N)c1. The van der Waals surface area contributed by atoms with E-state index < -0.39 is 0 Å². The van der Waals surface area contributed by atoms with E-state index >= 15 is 0 Å². The number of anilines is 2. The summed E-state index contributed by atoms with van der Waals surface area (Å²) in [6.07, 6.45) is 1.81. The minimum Gasteiger partial charge on any atom is -0.397 e. The van der Waals surface area contributed by atoms with Gasteiger partial charge < -0.3 is 16.4 Å². The third-order valence-electron chi connectivity index (χ3n) is 3.12. The summed E-state index contributed by atoms with van der Waals surface area (Å²) in [6.45, 7) is 5.35. The van der Waals surface area contributed by atoms with Crippen molar-refractivity contribution in [2.75, 3.05) is 24.1 Å². The van der Waals surface area contributed by atoms with Crippen LogP contribution in [0.3, 0.4) is 0 Å².